The molecule has 3 atom stereocenters. The fraction of sp³-hybridized carbons (Fsp3) is 0.682. The number of carbonyl (C=O) groups excluding carboxylic acids is 1. The van der Waals surface area contributed by atoms with Gasteiger partial charge in [0.2, 0.25) is 5.91 Å². The molecule has 0 radical (unpaired) electrons. The Hall–Kier alpha value is -1.35. The number of rotatable bonds is 5. The molecule has 2 aliphatic carbocycles. The Bertz CT molecular complexity index is 610. The van der Waals surface area contributed by atoms with Crippen molar-refractivity contribution in [3.05, 3.63) is 35.4 Å². The Kier molecular flexibility index (Phi) is 5.52. The lowest BCUT2D eigenvalue weighted by atomic mass is 9.69. The van der Waals surface area contributed by atoms with Crippen LogP contribution in [-0.2, 0) is 17.6 Å². The molecule has 1 amide bonds. The number of hydrogen-bond donors (Lipinski definition) is 1. The second kappa shape index (κ2) is 7.49. The largest absolute Gasteiger partial charge is 0.339 e. The molecular weight excluding hydrogens is 308 g/mol. The van der Waals surface area contributed by atoms with Gasteiger partial charge in [0.05, 0.1) is 0 Å². The Labute approximate surface area is 153 Å². The average Bonchev–Trinajstić information content (AvgIpc) is 3.01. The summed E-state index contributed by atoms with van der Waals surface area (Å²) in [7, 11) is 0. The van der Waals surface area contributed by atoms with Gasteiger partial charge in [-0.3, -0.25) is 4.79 Å². The van der Waals surface area contributed by atoms with Gasteiger partial charge in [-0.15, -0.1) is 0 Å². The monoisotopic (exact) mass is 342 g/mol. The lowest BCUT2D eigenvalue weighted by Gasteiger charge is -2.47. The topological polar surface area (TPSA) is 46.3 Å². The number of fused-ring (bicyclic) bond motifs is 1. The molecule has 0 spiro atoms. The van der Waals surface area contributed by atoms with E-state index >= 15 is 0 Å². The molecule has 0 bridgehead atoms. The molecule has 1 fully saturated rings. The van der Waals surface area contributed by atoms with Crippen LogP contribution in [0.2, 0.25) is 0 Å². The van der Waals surface area contributed by atoms with E-state index in [0.717, 1.165) is 51.5 Å². The number of unbranched alkanes of at least 4 members (excludes halogenated alkanes) is 1. The highest BCUT2D eigenvalue weighted by atomic mass is 16.2. The van der Waals surface area contributed by atoms with Gasteiger partial charge < -0.3 is 10.6 Å². The van der Waals surface area contributed by atoms with Crippen molar-refractivity contribution in [3.63, 3.8) is 0 Å². The van der Waals surface area contributed by atoms with Crippen LogP contribution in [0.4, 0.5) is 0 Å². The quantitative estimate of drug-likeness (QED) is 0.881. The van der Waals surface area contributed by atoms with E-state index in [-0.39, 0.29) is 17.4 Å². The molecule has 1 aromatic carbocycles. The van der Waals surface area contributed by atoms with E-state index in [4.69, 9.17) is 5.73 Å². The van der Waals surface area contributed by atoms with Crippen molar-refractivity contribution in [2.24, 2.45) is 17.1 Å². The first-order chi connectivity index (χ1) is 11.9. The fourth-order valence-electron chi connectivity index (χ4n) is 4.78. The molecule has 0 heterocycles. The summed E-state index contributed by atoms with van der Waals surface area (Å²) < 4.78 is 0. The highest BCUT2D eigenvalue weighted by Gasteiger charge is 2.42. The molecule has 138 valence electrons. The van der Waals surface area contributed by atoms with Crippen molar-refractivity contribution >= 4 is 5.91 Å². The molecule has 0 saturated heterocycles. The van der Waals surface area contributed by atoms with Crippen molar-refractivity contribution in [2.45, 2.75) is 77.8 Å². The number of amides is 1. The smallest absolute Gasteiger partial charge is 0.226 e. The Morgan fingerprint density at radius 2 is 1.96 bits per heavy atom. The number of nitrogens with zero attached hydrogens (tertiary/aromatic N) is 1. The summed E-state index contributed by atoms with van der Waals surface area (Å²) in [5.74, 6) is 0.499. The molecule has 3 heteroatoms. The summed E-state index contributed by atoms with van der Waals surface area (Å²) in [6.07, 6.45) is 7.06. The lowest BCUT2D eigenvalue weighted by Crippen LogP contribution is -2.54. The van der Waals surface area contributed by atoms with Crippen LogP contribution in [0.1, 0.15) is 64.0 Å². The number of hydrogen-bond acceptors (Lipinski definition) is 2. The van der Waals surface area contributed by atoms with Crippen LogP contribution in [0.5, 0.6) is 0 Å². The molecule has 25 heavy (non-hydrogen) atoms. The van der Waals surface area contributed by atoms with E-state index in [2.05, 4.69) is 49.9 Å². The minimum atomic E-state index is 0.110. The summed E-state index contributed by atoms with van der Waals surface area (Å²) in [4.78, 5) is 15.6. The lowest BCUT2D eigenvalue weighted by molar-refractivity contribution is -0.141. The van der Waals surface area contributed by atoms with Gasteiger partial charge in [-0.1, -0.05) is 51.5 Å². The van der Waals surface area contributed by atoms with Gasteiger partial charge in [-0.2, -0.15) is 0 Å². The normalized spacial score (nSPS) is 27.8. The molecular formula is C22H34N2O. The van der Waals surface area contributed by atoms with Crippen LogP contribution in [0.3, 0.4) is 0 Å². The third kappa shape index (κ3) is 3.92. The highest BCUT2D eigenvalue weighted by Crippen LogP contribution is 2.39. The third-order valence-corrected chi connectivity index (χ3v) is 6.31. The molecule has 0 unspecified atom stereocenters. The zero-order chi connectivity index (χ0) is 18.0. The number of carbonyl (C=O) groups is 1. The molecule has 2 aliphatic rings. The highest BCUT2D eigenvalue weighted by molar-refractivity contribution is 5.79. The van der Waals surface area contributed by atoms with Crippen LogP contribution in [0.25, 0.3) is 0 Å². The van der Waals surface area contributed by atoms with Crippen molar-refractivity contribution < 1.29 is 4.79 Å². The molecule has 0 aromatic heterocycles. The Balaban J connectivity index is 1.85. The van der Waals surface area contributed by atoms with Crippen molar-refractivity contribution in [2.75, 3.05) is 6.54 Å². The van der Waals surface area contributed by atoms with Gasteiger partial charge in [0.25, 0.3) is 0 Å². The Morgan fingerprint density at radius 1 is 1.24 bits per heavy atom. The van der Waals surface area contributed by atoms with Crippen molar-refractivity contribution in [3.8, 4) is 0 Å². The predicted octanol–water partition coefficient (Wildman–Crippen LogP) is 3.94. The van der Waals surface area contributed by atoms with Crippen LogP contribution < -0.4 is 5.73 Å². The molecule has 3 rings (SSSR count). The maximum atomic E-state index is 13.4. The van der Waals surface area contributed by atoms with E-state index in [0.29, 0.717) is 11.9 Å². The van der Waals surface area contributed by atoms with Crippen LogP contribution in [0, 0.1) is 11.3 Å². The second-order valence-electron chi connectivity index (χ2n) is 8.81. The van der Waals surface area contributed by atoms with E-state index < -0.39 is 0 Å². The van der Waals surface area contributed by atoms with Gasteiger partial charge in [-0.25, -0.2) is 0 Å². The van der Waals surface area contributed by atoms with Crippen LogP contribution >= 0.6 is 0 Å². The average molecular weight is 343 g/mol. The van der Waals surface area contributed by atoms with Gasteiger partial charge in [-0.05, 0) is 55.1 Å². The van der Waals surface area contributed by atoms with Gasteiger partial charge >= 0.3 is 0 Å². The Morgan fingerprint density at radius 3 is 2.60 bits per heavy atom. The maximum absolute atomic E-state index is 13.4. The SMILES string of the molecule is CCCCN(C(=O)[C@@H]1CC[C@@H](N)C1)[C@@H]1Cc2ccccc2CC1(C)C. The first-order valence-electron chi connectivity index (χ1n) is 10.0. The molecule has 3 nitrogen and oxygen atoms in total. The van der Waals surface area contributed by atoms with Gasteiger partial charge in [0.1, 0.15) is 0 Å². The number of benzene rings is 1. The standard InChI is InChI=1S/C22H34N2O/c1-4-5-12-24(21(25)17-10-11-19(23)13-17)20-14-16-8-6-7-9-18(16)15-22(20,2)3/h6-9,17,19-20H,4-5,10-15,23H2,1-3H3/t17-,19-,20-/m1/s1. The van der Waals surface area contributed by atoms with Crippen LogP contribution in [-0.4, -0.2) is 29.4 Å². The molecule has 1 saturated carbocycles. The third-order valence-electron chi connectivity index (χ3n) is 6.31. The summed E-state index contributed by atoms with van der Waals surface area (Å²) in [5, 5.41) is 0. The summed E-state index contributed by atoms with van der Waals surface area (Å²) in [6, 6.07) is 9.25. The molecule has 0 aliphatic heterocycles. The van der Waals surface area contributed by atoms with Gasteiger partial charge in [0.15, 0.2) is 0 Å². The predicted molar refractivity (Wildman–Crippen MR) is 103 cm³/mol. The minimum absolute atomic E-state index is 0.110. The summed E-state index contributed by atoms with van der Waals surface area (Å²) >= 11 is 0. The molecule has 1 aromatic rings. The maximum Gasteiger partial charge on any atom is 0.226 e. The molecule has 2 N–H and O–H groups in total. The second-order valence-corrected chi connectivity index (χ2v) is 8.81. The van der Waals surface area contributed by atoms with E-state index in [9.17, 15) is 4.79 Å². The van der Waals surface area contributed by atoms with Crippen molar-refractivity contribution in [1.29, 1.82) is 0 Å². The zero-order valence-electron chi connectivity index (χ0n) is 16.1. The van der Waals surface area contributed by atoms with Crippen molar-refractivity contribution in [1.82, 2.24) is 4.90 Å². The fourth-order valence-corrected chi connectivity index (χ4v) is 4.78. The minimum Gasteiger partial charge on any atom is -0.339 e. The summed E-state index contributed by atoms with van der Waals surface area (Å²) in [5.41, 5.74) is 9.07. The first kappa shape index (κ1) is 18.4. The number of nitrogens with two attached hydrogens (primary N) is 1. The van der Waals surface area contributed by atoms with E-state index in [1.165, 1.54) is 11.1 Å². The van der Waals surface area contributed by atoms with Crippen LogP contribution in [0.15, 0.2) is 24.3 Å². The van der Waals surface area contributed by atoms with E-state index in [1.54, 1.807) is 0 Å². The summed E-state index contributed by atoms with van der Waals surface area (Å²) in [6.45, 7) is 7.76. The first-order valence-corrected chi connectivity index (χ1v) is 10.0. The van der Waals surface area contributed by atoms with E-state index in [1.807, 2.05) is 0 Å². The van der Waals surface area contributed by atoms with Gasteiger partial charge in [0, 0.05) is 24.5 Å². The zero-order valence-corrected chi connectivity index (χ0v) is 16.1.